The molecule has 1 aliphatic heterocycles. The Morgan fingerprint density at radius 1 is 1.40 bits per heavy atom. The van der Waals surface area contributed by atoms with Gasteiger partial charge in [0, 0.05) is 13.1 Å². The smallest absolute Gasteiger partial charge is 0.0381 e. The fraction of sp³-hybridized carbons (Fsp3) is 0.333. The monoisotopic (exact) mass is 137 g/mol. The van der Waals surface area contributed by atoms with Crippen molar-refractivity contribution < 1.29 is 0 Å². The standard InChI is InChI=1S/C7H11N.C2H4/c1-3-8-5-4-7(2)6-8;1-2/h3H,1-2,4-6H2;1-2H2. The fourth-order valence-electron chi connectivity index (χ4n) is 0.903. The summed E-state index contributed by atoms with van der Waals surface area (Å²) in [4.78, 5) is 2.17. The number of likely N-dealkylation sites (tertiary alicyclic amines) is 1. The van der Waals surface area contributed by atoms with Crippen LogP contribution in [0.25, 0.3) is 0 Å². The molecule has 0 aromatic carbocycles. The molecule has 1 aliphatic rings. The van der Waals surface area contributed by atoms with Crippen LogP contribution in [0, 0.1) is 0 Å². The van der Waals surface area contributed by atoms with E-state index < -0.39 is 0 Å². The van der Waals surface area contributed by atoms with E-state index in [2.05, 4.69) is 31.2 Å². The number of hydrogen-bond acceptors (Lipinski definition) is 1. The molecule has 0 amide bonds. The maximum atomic E-state index is 3.86. The molecular formula is C9H15N. The Morgan fingerprint density at radius 3 is 2.20 bits per heavy atom. The lowest BCUT2D eigenvalue weighted by Gasteiger charge is -2.07. The van der Waals surface area contributed by atoms with E-state index in [0.29, 0.717) is 0 Å². The molecule has 0 aliphatic carbocycles. The topological polar surface area (TPSA) is 3.24 Å². The van der Waals surface area contributed by atoms with Crippen molar-refractivity contribution in [3.05, 3.63) is 38.1 Å². The molecule has 1 heterocycles. The van der Waals surface area contributed by atoms with E-state index in [1.807, 2.05) is 6.20 Å². The van der Waals surface area contributed by atoms with Crippen molar-refractivity contribution in [2.75, 3.05) is 13.1 Å². The van der Waals surface area contributed by atoms with Crippen LogP contribution in [-0.2, 0) is 0 Å². The van der Waals surface area contributed by atoms with Crippen molar-refractivity contribution in [1.82, 2.24) is 4.90 Å². The van der Waals surface area contributed by atoms with Crippen molar-refractivity contribution in [1.29, 1.82) is 0 Å². The van der Waals surface area contributed by atoms with Crippen molar-refractivity contribution in [2.45, 2.75) is 6.42 Å². The maximum Gasteiger partial charge on any atom is 0.0381 e. The average Bonchev–Trinajstić information content (AvgIpc) is 2.40. The lowest BCUT2D eigenvalue weighted by atomic mass is 10.3. The Bertz CT molecular complexity index is 127. The second kappa shape index (κ2) is 4.86. The third-order valence-electron chi connectivity index (χ3n) is 1.44. The van der Waals surface area contributed by atoms with Gasteiger partial charge in [-0.25, -0.2) is 0 Å². The molecule has 56 valence electrons. The third-order valence-corrected chi connectivity index (χ3v) is 1.44. The van der Waals surface area contributed by atoms with Gasteiger partial charge >= 0.3 is 0 Å². The minimum Gasteiger partial charge on any atom is -0.374 e. The highest BCUT2D eigenvalue weighted by atomic mass is 15.1. The highest BCUT2D eigenvalue weighted by molar-refractivity contribution is 5.05. The highest BCUT2D eigenvalue weighted by Gasteiger charge is 2.08. The molecule has 1 saturated heterocycles. The van der Waals surface area contributed by atoms with Crippen LogP contribution in [-0.4, -0.2) is 18.0 Å². The Labute approximate surface area is 63.3 Å². The van der Waals surface area contributed by atoms with Crippen molar-refractivity contribution in [3.63, 3.8) is 0 Å². The molecule has 1 heteroatoms. The van der Waals surface area contributed by atoms with Crippen LogP contribution in [0.5, 0.6) is 0 Å². The summed E-state index contributed by atoms with van der Waals surface area (Å²) in [5, 5.41) is 0. The van der Waals surface area contributed by atoms with Crippen LogP contribution >= 0.6 is 0 Å². The summed E-state index contributed by atoms with van der Waals surface area (Å²) in [7, 11) is 0. The van der Waals surface area contributed by atoms with Crippen LogP contribution in [0.3, 0.4) is 0 Å². The van der Waals surface area contributed by atoms with E-state index in [1.54, 1.807) is 0 Å². The van der Waals surface area contributed by atoms with E-state index in [9.17, 15) is 0 Å². The molecule has 0 unspecified atom stereocenters. The average molecular weight is 137 g/mol. The lowest BCUT2D eigenvalue weighted by Crippen LogP contribution is -2.09. The minimum atomic E-state index is 1.02. The van der Waals surface area contributed by atoms with Gasteiger partial charge in [0.15, 0.2) is 0 Å². The molecule has 1 nitrogen and oxygen atoms in total. The molecule has 0 spiro atoms. The molecule has 1 rings (SSSR count). The first-order valence-corrected chi connectivity index (χ1v) is 3.36. The predicted octanol–water partition coefficient (Wildman–Crippen LogP) is 2.19. The van der Waals surface area contributed by atoms with E-state index in [1.165, 1.54) is 5.57 Å². The molecule has 0 atom stereocenters. The molecule has 0 saturated carbocycles. The number of rotatable bonds is 1. The normalized spacial score (nSPS) is 16.0. The van der Waals surface area contributed by atoms with Gasteiger partial charge in [0.2, 0.25) is 0 Å². The first kappa shape index (κ1) is 9.02. The molecule has 1 fully saturated rings. The third kappa shape index (κ3) is 2.53. The van der Waals surface area contributed by atoms with Crippen molar-refractivity contribution in [3.8, 4) is 0 Å². The van der Waals surface area contributed by atoms with Gasteiger partial charge in [-0.15, -0.1) is 13.2 Å². The summed E-state index contributed by atoms with van der Waals surface area (Å²) in [5.41, 5.74) is 1.32. The molecule has 0 radical (unpaired) electrons. The Balaban J connectivity index is 0.000000371. The van der Waals surface area contributed by atoms with Crippen molar-refractivity contribution >= 4 is 0 Å². The first-order valence-electron chi connectivity index (χ1n) is 3.36. The van der Waals surface area contributed by atoms with Gasteiger partial charge in [-0.2, -0.15) is 0 Å². The van der Waals surface area contributed by atoms with Crippen LogP contribution in [0.15, 0.2) is 38.1 Å². The SMILES string of the molecule is C=C.C=CN1CCC(=C)C1. The summed E-state index contributed by atoms with van der Waals surface area (Å²) in [5.74, 6) is 0. The molecule has 0 N–H and O–H groups in total. The first-order chi connectivity index (χ1) is 4.83. The zero-order valence-corrected chi connectivity index (χ0v) is 6.47. The number of nitrogens with zero attached hydrogens (tertiary/aromatic N) is 1. The zero-order valence-electron chi connectivity index (χ0n) is 6.47. The second-order valence-corrected chi connectivity index (χ2v) is 2.15. The summed E-state index contributed by atoms with van der Waals surface area (Å²) in [6.07, 6.45) is 3.02. The van der Waals surface area contributed by atoms with Crippen LogP contribution in [0.4, 0.5) is 0 Å². The Morgan fingerprint density at radius 2 is 2.00 bits per heavy atom. The zero-order chi connectivity index (χ0) is 7.98. The summed E-state index contributed by atoms with van der Waals surface area (Å²) >= 11 is 0. The number of hydrogen-bond donors (Lipinski definition) is 0. The van der Waals surface area contributed by atoms with Gasteiger partial charge in [-0.1, -0.05) is 18.7 Å². The van der Waals surface area contributed by atoms with Gasteiger partial charge in [0.1, 0.15) is 0 Å². The highest BCUT2D eigenvalue weighted by Crippen LogP contribution is 2.11. The van der Waals surface area contributed by atoms with Crippen LogP contribution < -0.4 is 0 Å². The molecule has 10 heavy (non-hydrogen) atoms. The van der Waals surface area contributed by atoms with E-state index in [0.717, 1.165) is 19.5 Å². The Hall–Kier alpha value is -0.980. The van der Waals surface area contributed by atoms with Crippen LogP contribution in [0.1, 0.15) is 6.42 Å². The molecule has 0 aromatic heterocycles. The summed E-state index contributed by atoms with van der Waals surface area (Å²) in [6, 6.07) is 0. The Kier molecular flexibility index (Phi) is 4.38. The predicted molar refractivity (Wildman–Crippen MR) is 46.8 cm³/mol. The maximum absolute atomic E-state index is 3.86. The van der Waals surface area contributed by atoms with Gasteiger partial charge < -0.3 is 4.90 Å². The van der Waals surface area contributed by atoms with Gasteiger partial charge in [-0.05, 0) is 12.6 Å². The molecule has 0 bridgehead atoms. The quantitative estimate of drug-likeness (QED) is 0.501. The second-order valence-electron chi connectivity index (χ2n) is 2.15. The van der Waals surface area contributed by atoms with Gasteiger partial charge in [0.25, 0.3) is 0 Å². The summed E-state index contributed by atoms with van der Waals surface area (Å²) < 4.78 is 0. The lowest BCUT2D eigenvalue weighted by molar-refractivity contribution is 0.477. The molecular weight excluding hydrogens is 122 g/mol. The van der Waals surface area contributed by atoms with Crippen molar-refractivity contribution in [2.24, 2.45) is 0 Å². The summed E-state index contributed by atoms with van der Waals surface area (Å²) in [6.45, 7) is 15.7. The van der Waals surface area contributed by atoms with E-state index in [4.69, 9.17) is 0 Å². The largest absolute Gasteiger partial charge is 0.374 e. The fourth-order valence-corrected chi connectivity index (χ4v) is 0.903. The van der Waals surface area contributed by atoms with Gasteiger partial charge in [0.05, 0.1) is 0 Å². The van der Waals surface area contributed by atoms with Crippen LogP contribution in [0.2, 0.25) is 0 Å². The van der Waals surface area contributed by atoms with E-state index in [-0.39, 0.29) is 0 Å². The van der Waals surface area contributed by atoms with E-state index >= 15 is 0 Å². The molecule has 0 aromatic rings. The van der Waals surface area contributed by atoms with Gasteiger partial charge in [-0.3, -0.25) is 0 Å². The minimum absolute atomic E-state index is 1.02.